The van der Waals surface area contributed by atoms with Crippen molar-refractivity contribution in [2.45, 2.75) is 52.9 Å². The van der Waals surface area contributed by atoms with Gasteiger partial charge in [0.15, 0.2) is 5.96 Å². The molecule has 1 fully saturated rings. The number of anilines is 1. The van der Waals surface area contributed by atoms with Gasteiger partial charge in [-0.05, 0) is 57.6 Å². The first-order chi connectivity index (χ1) is 13.1. The Balaban J connectivity index is 2.05. The maximum absolute atomic E-state index is 6.20. The Morgan fingerprint density at radius 1 is 1.11 bits per heavy atom. The molecular weight excluding hydrogens is 342 g/mol. The number of ether oxygens (including phenoxy) is 3. The van der Waals surface area contributed by atoms with Crippen LogP contribution in [0.3, 0.4) is 0 Å². The summed E-state index contributed by atoms with van der Waals surface area (Å²) in [7, 11) is 0. The topological polar surface area (TPSA) is 78.1 Å². The summed E-state index contributed by atoms with van der Waals surface area (Å²) < 4.78 is 16.8. The lowest BCUT2D eigenvalue weighted by molar-refractivity contribution is 0.107. The third kappa shape index (κ3) is 6.61. The van der Waals surface area contributed by atoms with Crippen LogP contribution in [0.25, 0.3) is 0 Å². The number of hydrogen-bond donors (Lipinski definition) is 2. The molecule has 6 heteroatoms. The molecule has 1 saturated carbocycles. The summed E-state index contributed by atoms with van der Waals surface area (Å²) >= 11 is 0. The van der Waals surface area contributed by atoms with Crippen LogP contribution in [0.4, 0.5) is 5.69 Å². The Morgan fingerprint density at radius 2 is 1.85 bits per heavy atom. The van der Waals surface area contributed by atoms with Crippen LogP contribution < -0.4 is 20.5 Å². The van der Waals surface area contributed by atoms with Gasteiger partial charge in [-0.1, -0.05) is 12.8 Å². The number of aliphatic imine (C=N–C) groups is 1. The molecule has 1 aliphatic rings. The van der Waals surface area contributed by atoms with Crippen LogP contribution in [0.2, 0.25) is 0 Å². The Morgan fingerprint density at radius 3 is 2.52 bits per heavy atom. The Hall–Kier alpha value is -1.95. The number of nitrogens with one attached hydrogen (secondary N) is 1. The molecule has 3 N–H and O–H groups in total. The minimum Gasteiger partial charge on any atom is -0.494 e. The van der Waals surface area contributed by atoms with Crippen molar-refractivity contribution >= 4 is 11.6 Å². The monoisotopic (exact) mass is 377 g/mol. The lowest BCUT2D eigenvalue weighted by Gasteiger charge is -2.27. The van der Waals surface area contributed by atoms with Gasteiger partial charge >= 0.3 is 0 Å². The molecule has 0 aliphatic heterocycles. The van der Waals surface area contributed by atoms with Crippen LogP contribution in [0.1, 0.15) is 52.9 Å². The van der Waals surface area contributed by atoms with Gasteiger partial charge in [-0.25, -0.2) is 0 Å². The third-order valence-corrected chi connectivity index (χ3v) is 5.05. The zero-order chi connectivity index (χ0) is 19.5. The van der Waals surface area contributed by atoms with E-state index in [1.165, 1.54) is 25.7 Å². The first-order valence-electron chi connectivity index (χ1n) is 10.2. The average Bonchev–Trinajstić information content (AvgIpc) is 3.12. The maximum Gasteiger partial charge on any atom is 0.193 e. The van der Waals surface area contributed by atoms with E-state index in [9.17, 15) is 0 Å². The Kier molecular flexibility index (Phi) is 8.72. The van der Waals surface area contributed by atoms with Gasteiger partial charge in [0.2, 0.25) is 0 Å². The highest BCUT2D eigenvalue weighted by atomic mass is 16.5. The van der Waals surface area contributed by atoms with Crippen molar-refractivity contribution in [1.82, 2.24) is 0 Å². The van der Waals surface area contributed by atoms with Gasteiger partial charge in [0.25, 0.3) is 0 Å². The number of guanidine groups is 1. The van der Waals surface area contributed by atoms with Crippen molar-refractivity contribution in [1.29, 1.82) is 0 Å². The van der Waals surface area contributed by atoms with Gasteiger partial charge in [-0.15, -0.1) is 0 Å². The van der Waals surface area contributed by atoms with Gasteiger partial charge in [-0.2, -0.15) is 0 Å². The molecule has 1 aromatic rings. The quantitative estimate of drug-likeness (QED) is 0.343. The molecule has 0 unspecified atom stereocenters. The Bertz CT molecular complexity index is 598. The van der Waals surface area contributed by atoms with E-state index >= 15 is 0 Å². The van der Waals surface area contributed by atoms with Crippen molar-refractivity contribution < 1.29 is 14.2 Å². The standard InChI is InChI=1S/C21H35N3O3/c1-4-25-14-13-21(11-7-8-12-21)16-23-20(22)24-18-15-17(26-5-2)9-10-19(18)27-6-3/h9-10,15H,4-8,11-14,16H2,1-3H3,(H3,22,23,24). The molecule has 0 bridgehead atoms. The van der Waals surface area contributed by atoms with Gasteiger partial charge in [-0.3, -0.25) is 4.99 Å². The summed E-state index contributed by atoms with van der Waals surface area (Å²) in [5, 5.41) is 3.19. The fourth-order valence-corrected chi connectivity index (χ4v) is 3.62. The van der Waals surface area contributed by atoms with Crippen LogP contribution in [0.15, 0.2) is 23.2 Å². The average molecular weight is 378 g/mol. The van der Waals surface area contributed by atoms with Crippen LogP contribution >= 0.6 is 0 Å². The molecule has 0 saturated heterocycles. The van der Waals surface area contributed by atoms with Crippen molar-refractivity contribution in [3.8, 4) is 11.5 Å². The minimum atomic E-state index is 0.220. The number of nitrogens with two attached hydrogens (primary N) is 1. The number of benzene rings is 1. The normalized spacial score (nSPS) is 16.3. The van der Waals surface area contributed by atoms with E-state index in [-0.39, 0.29) is 5.41 Å². The van der Waals surface area contributed by atoms with Crippen LogP contribution in [0, 0.1) is 5.41 Å². The summed E-state index contributed by atoms with van der Waals surface area (Å²) in [5.74, 6) is 1.93. The van der Waals surface area contributed by atoms with Gasteiger partial charge in [0, 0.05) is 25.8 Å². The molecule has 0 radical (unpaired) electrons. The van der Waals surface area contributed by atoms with E-state index in [1.807, 2.05) is 39.0 Å². The van der Waals surface area contributed by atoms with Crippen LogP contribution in [-0.4, -0.2) is 38.9 Å². The lowest BCUT2D eigenvalue weighted by Crippen LogP contribution is -2.28. The molecule has 27 heavy (non-hydrogen) atoms. The first-order valence-corrected chi connectivity index (χ1v) is 10.2. The molecule has 0 aromatic heterocycles. The number of nitrogens with zero attached hydrogens (tertiary/aromatic N) is 1. The maximum atomic E-state index is 6.20. The van der Waals surface area contributed by atoms with Crippen molar-refractivity contribution in [2.24, 2.45) is 16.1 Å². The second kappa shape index (κ2) is 11.0. The molecule has 0 heterocycles. The van der Waals surface area contributed by atoms with Crippen LogP contribution in [0.5, 0.6) is 11.5 Å². The highest BCUT2D eigenvalue weighted by Crippen LogP contribution is 2.41. The minimum absolute atomic E-state index is 0.220. The molecule has 0 spiro atoms. The van der Waals surface area contributed by atoms with Crippen LogP contribution in [-0.2, 0) is 4.74 Å². The molecule has 152 valence electrons. The predicted octanol–water partition coefficient (Wildman–Crippen LogP) is 4.20. The van der Waals surface area contributed by atoms with E-state index in [0.717, 1.165) is 43.4 Å². The van der Waals surface area contributed by atoms with E-state index in [1.54, 1.807) is 0 Å². The zero-order valence-corrected chi connectivity index (χ0v) is 17.1. The zero-order valence-electron chi connectivity index (χ0n) is 17.1. The summed E-state index contributed by atoms with van der Waals surface area (Å²) in [6.45, 7) is 9.44. The predicted molar refractivity (Wildman–Crippen MR) is 111 cm³/mol. The largest absolute Gasteiger partial charge is 0.494 e. The van der Waals surface area contributed by atoms with E-state index in [2.05, 4.69) is 10.3 Å². The van der Waals surface area contributed by atoms with Gasteiger partial charge < -0.3 is 25.3 Å². The highest BCUT2D eigenvalue weighted by molar-refractivity contribution is 5.94. The van der Waals surface area contributed by atoms with Gasteiger partial charge in [0.05, 0.1) is 18.9 Å². The molecule has 1 aliphatic carbocycles. The highest BCUT2D eigenvalue weighted by Gasteiger charge is 2.33. The van der Waals surface area contributed by atoms with E-state index < -0.39 is 0 Å². The summed E-state index contributed by atoms with van der Waals surface area (Å²) in [5.41, 5.74) is 7.19. The first kappa shape index (κ1) is 21.4. The lowest BCUT2D eigenvalue weighted by atomic mass is 9.83. The third-order valence-electron chi connectivity index (χ3n) is 5.05. The fraction of sp³-hybridized carbons (Fsp3) is 0.667. The molecule has 1 aromatic carbocycles. The fourth-order valence-electron chi connectivity index (χ4n) is 3.62. The van der Waals surface area contributed by atoms with Gasteiger partial charge in [0.1, 0.15) is 11.5 Å². The van der Waals surface area contributed by atoms with E-state index in [4.69, 9.17) is 19.9 Å². The second-order valence-electron chi connectivity index (χ2n) is 7.00. The van der Waals surface area contributed by atoms with E-state index in [0.29, 0.717) is 19.2 Å². The molecular formula is C21H35N3O3. The van der Waals surface area contributed by atoms with Crippen molar-refractivity contribution in [3.63, 3.8) is 0 Å². The summed E-state index contributed by atoms with van der Waals surface area (Å²) in [4.78, 5) is 4.66. The molecule has 0 atom stereocenters. The van der Waals surface area contributed by atoms with Crippen molar-refractivity contribution in [3.05, 3.63) is 18.2 Å². The van der Waals surface area contributed by atoms with Crippen molar-refractivity contribution in [2.75, 3.05) is 38.3 Å². The molecule has 2 rings (SSSR count). The smallest absolute Gasteiger partial charge is 0.193 e. The molecule has 0 amide bonds. The Labute approximate surface area is 163 Å². The second-order valence-corrected chi connectivity index (χ2v) is 7.00. The SMILES string of the molecule is CCOCCC1(CN=C(N)Nc2cc(OCC)ccc2OCC)CCCC1. The summed E-state index contributed by atoms with van der Waals surface area (Å²) in [6.07, 6.45) is 5.96. The number of rotatable bonds is 11. The summed E-state index contributed by atoms with van der Waals surface area (Å²) in [6, 6.07) is 5.69. The molecule has 6 nitrogen and oxygen atoms in total. The number of hydrogen-bond acceptors (Lipinski definition) is 4.